The predicted molar refractivity (Wildman–Crippen MR) is 175 cm³/mol. The van der Waals surface area contributed by atoms with Crippen molar-refractivity contribution >= 4 is 86.7 Å². The molecule has 0 bridgehead atoms. The topological polar surface area (TPSA) is 30.7 Å². The highest BCUT2D eigenvalue weighted by atomic mass is 35.5. The van der Waals surface area contributed by atoms with Gasteiger partial charge in [-0.1, -0.05) is 90.5 Å². The standard InChI is InChI=1S/C36H20ClN3S/c37-28-14-7-9-21-19-32-27(20-26(21)28)22-10-1-5-17-31(22)40(32)36-34(38-29-15-3-4-16-30(29)39-36)25-13-8-12-24-23-11-2-6-18-33(23)41-35(24)25/h1-20H. The van der Waals surface area contributed by atoms with Gasteiger partial charge in [-0.3, -0.25) is 4.57 Å². The summed E-state index contributed by atoms with van der Waals surface area (Å²) in [7, 11) is 0. The van der Waals surface area contributed by atoms with Crippen molar-refractivity contribution in [2.45, 2.75) is 0 Å². The van der Waals surface area contributed by atoms with E-state index in [0.29, 0.717) is 0 Å². The van der Waals surface area contributed by atoms with Crippen LogP contribution in [0.4, 0.5) is 0 Å². The molecule has 0 aliphatic rings. The maximum Gasteiger partial charge on any atom is 0.165 e. The number of hydrogen-bond acceptors (Lipinski definition) is 3. The van der Waals surface area contributed by atoms with Gasteiger partial charge in [0.25, 0.3) is 0 Å². The highest BCUT2D eigenvalue weighted by molar-refractivity contribution is 7.26. The van der Waals surface area contributed by atoms with E-state index >= 15 is 0 Å². The summed E-state index contributed by atoms with van der Waals surface area (Å²) in [5.74, 6) is 0.821. The number of fused-ring (bicyclic) bond motifs is 8. The Hall–Kier alpha value is -4.77. The summed E-state index contributed by atoms with van der Waals surface area (Å²) in [4.78, 5) is 10.6. The van der Waals surface area contributed by atoms with Crippen molar-refractivity contribution in [2.24, 2.45) is 0 Å². The lowest BCUT2D eigenvalue weighted by Gasteiger charge is -2.14. The second kappa shape index (κ2) is 8.61. The van der Waals surface area contributed by atoms with Crippen molar-refractivity contribution in [2.75, 3.05) is 0 Å². The van der Waals surface area contributed by atoms with Crippen molar-refractivity contribution in [3.63, 3.8) is 0 Å². The number of halogens is 1. The van der Waals surface area contributed by atoms with E-state index < -0.39 is 0 Å². The monoisotopic (exact) mass is 561 g/mol. The van der Waals surface area contributed by atoms with E-state index in [4.69, 9.17) is 21.6 Å². The third-order valence-corrected chi connectivity index (χ3v) is 9.59. The van der Waals surface area contributed by atoms with Crippen LogP contribution in [0.15, 0.2) is 121 Å². The fraction of sp³-hybridized carbons (Fsp3) is 0. The van der Waals surface area contributed by atoms with Crippen molar-refractivity contribution in [3.8, 4) is 17.1 Å². The van der Waals surface area contributed by atoms with Crippen molar-refractivity contribution in [1.29, 1.82) is 0 Å². The van der Waals surface area contributed by atoms with Crippen LogP contribution in [0.1, 0.15) is 0 Å². The van der Waals surface area contributed by atoms with Crippen LogP contribution in [-0.4, -0.2) is 14.5 Å². The highest BCUT2D eigenvalue weighted by Gasteiger charge is 2.22. The van der Waals surface area contributed by atoms with Gasteiger partial charge < -0.3 is 0 Å². The molecule has 6 aromatic carbocycles. The van der Waals surface area contributed by atoms with Crippen LogP contribution in [-0.2, 0) is 0 Å². The molecule has 9 rings (SSSR count). The summed E-state index contributed by atoms with van der Waals surface area (Å²) in [6.07, 6.45) is 0. The molecule has 0 radical (unpaired) electrons. The minimum atomic E-state index is 0.754. The molecule has 5 heteroatoms. The van der Waals surface area contributed by atoms with Crippen LogP contribution in [0.3, 0.4) is 0 Å². The summed E-state index contributed by atoms with van der Waals surface area (Å²) in [5, 5.41) is 7.70. The molecule has 0 spiro atoms. The summed E-state index contributed by atoms with van der Waals surface area (Å²) >= 11 is 8.48. The predicted octanol–water partition coefficient (Wildman–Crippen LogP) is 10.6. The lowest BCUT2D eigenvalue weighted by Crippen LogP contribution is -2.03. The minimum Gasteiger partial charge on any atom is -0.292 e. The van der Waals surface area contributed by atoms with Crippen LogP contribution >= 0.6 is 22.9 Å². The summed E-state index contributed by atoms with van der Waals surface area (Å²) < 4.78 is 4.77. The molecule has 0 saturated carbocycles. The van der Waals surface area contributed by atoms with E-state index in [1.54, 1.807) is 0 Å². The lowest BCUT2D eigenvalue weighted by molar-refractivity contribution is 1.08. The largest absolute Gasteiger partial charge is 0.292 e. The zero-order valence-corrected chi connectivity index (χ0v) is 23.2. The lowest BCUT2D eigenvalue weighted by atomic mass is 10.1. The molecule has 0 saturated heterocycles. The highest BCUT2D eigenvalue weighted by Crippen LogP contribution is 2.43. The molecule has 41 heavy (non-hydrogen) atoms. The van der Waals surface area contributed by atoms with Crippen LogP contribution in [0, 0.1) is 0 Å². The van der Waals surface area contributed by atoms with Gasteiger partial charge >= 0.3 is 0 Å². The van der Waals surface area contributed by atoms with E-state index in [1.165, 1.54) is 20.2 Å². The van der Waals surface area contributed by atoms with E-state index in [1.807, 2.05) is 47.7 Å². The fourth-order valence-corrected chi connectivity index (χ4v) is 7.64. The Balaban J connectivity index is 1.46. The number of thiophene rings is 1. The Kier molecular flexibility index (Phi) is 4.83. The molecule has 192 valence electrons. The summed E-state index contributed by atoms with van der Waals surface area (Å²) in [6, 6.07) is 42.3. The molecule has 0 fully saturated rings. The van der Waals surface area contributed by atoms with Gasteiger partial charge in [0.05, 0.1) is 22.1 Å². The number of hydrogen-bond donors (Lipinski definition) is 0. The molecule has 0 aliphatic carbocycles. The molecule has 3 nitrogen and oxygen atoms in total. The van der Waals surface area contributed by atoms with Crippen molar-refractivity contribution in [1.82, 2.24) is 14.5 Å². The van der Waals surface area contributed by atoms with E-state index in [0.717, 1.165) is 65.7 Å². The molecule has 0 unspecified atom stereocenters. The van der Waals surface area contributed by atoms with Crippen molar-refractivity contribution in [3.05, 3.63) is 126 Å². The molecule has 3 heterocycles. The van der Waals surface area contributed by atoms with Gasteiger partial charge in [0.2, 0.25) is 0 Å². The third kappa shape index (κ3) is 3.32. The smallest absolute Gasteiger partial charge is 0.165 e. The fourth-order valence-electron chi connectivity index (χ4n) is 6.19. The van der Waals surface area contributed by atoms with E-state index in [-0.39, 0.29) is 0 Å². The second-order valence-electron chi connectivity index (χ2n) is 10.3. The molecular weight excluding hydrogens is 542 g/mol. The molecule has 3 aromatic heterocycles. The molecule has 0 N–H and O–H groups in total. The molecule has 0 aliphatic heterocycles. The third-order valence-electron chi connectivity index (χ3n) is 8.04. The van der Waals surface area contributed by atoms with Gasteiger partial charge in [-0.05, 0) is 47.9 Å². The SMILES string of the molecule is Clc1cccc2cc3c(cc12)c1ccccc1n3-c1nc2ccccc2nc1-c1cccc2c1sc1ccccc12. The van der Waals surface area contributed by atoms with Gasteiger partial charge in [0.1, 0.15) is 5.69 Å². The summed E-state index contributed by atoms with van der Waals surface area (Å²) in [5.41, 5.74) is 5.87. The van der Waals surface area contributed by atoms with Gasteiger partial charge in [0.15, 0.2) is 5.82 Å². The maximum atomic E-state index is 6.66. The first-order valence-electron chi connectivity index (χ1n) is 13.5. The Morgan fingerprint density at radius 2 is 1.29 bits per heavy atom. The Morgan fingerprint density at radius 1 is 0.561 bits per heavy atom. The Labute approximate surface area is 243 Å². The number of benzene rings is 6. The number of para-hydroxylation sites is 3. The number of aromatic nitrogens is 3. The van der Waals surface area contributed by atoms with Crippen LogP contribution in [0.2, 0.25) is 5.02 Å². The van der Waals surface area contributed by atoms with Gasteiger partial charge in [-0.15, -0.1) is 11.3 Å². The zero-order valence-electron chi connectivity index (χ0n) is 21.7. The molecule has 0 amide bonds. The number of nitrogens with zero attached hydrogens (tertiary/aromatic N) is 3. The quantitative estimate of drug-likeness (QED) is 0.210. The maximum absolute atomic E-state index is 6.66. The molecule has 0 atom stereocenters. The average Bonchev–Trinajstić information content (AvgIpc) is 3.55. The van der Waals surface area contributed by atoms with E-state index in [9.17, 15) is 0 Å². The molecule has 9 aromatic rings. The van der Waals surface area contributed by atoms with Gasteiger partial charge in [-0.25, -0.2) is 9.97 Å². The second-order valence-corrected chi connectivity index (χ2v) is 11.8. The normalized spacial score (nSPS) is 12.0. The first kappa shape index (κ1) is 23.0. The first-order valence-corrected chi connectivity index (χ1v) is 14.7. The van der Waals surface area contributed by atoms with Crippen LogP contribution in [0.5, 0.6) is 0 Å². The van der Waals surface area contributed by atoms with E-state index in [2.05, 4.69) is 89.5 Å². The average molecular weight is 562 g/mol. The minimum absolute atomic E-state index is 0.754. The zero-order chi connectivity index (χ0) is 27.1. The van der Waals surface area contributed by atoms with Crippen LogP contribution < -0.4 is 0 Å². The van der Waals surface area contributed by atoms with Gasteiger partial charge in [0, 0.05) is 46.9 Å². The van der Waals surface area contributed by atoms with Crippen molar-refractivity contribution < 1.29 is 0 Å². The summed E-state index contributed by atoms with van der Waals surface area (Å²) in [6.45, 7) is 0. The Morgan fingerprint density at radius 3 is 2.20 bits per heavy atom. The first-order chi connectivity index (χ1) is 20.2. The number of rotatable bonds is 2. The van der Waals surface area contributed by atoms with Gasteiger partial charge in [-0.2, -0.15) is 0 Å². The molecular formula is C36H20ClN3S. The Bertz CT molecular complexity index is 2510. The van der Waals surface area contributed by atoms with Crippen LogP contribution in [0.25, 0.3) is 80.9 Å².